The Balaban J connectivity index is 2.27. The molecular formula is C26H45NO7. The summed E-state index contributed by atoms with van der Waals surface area (Å²) in [7, 11) is 1.47. The third kappa shape index (κ3) is 8.43. The second-order valence-corrected chi connectivity index (χ2v) is 11.2. The maximum absolute atomic E-state index is 13.3. The van der Waals surface area contributed by atoms with Gasteiger partial charge in [0.1, 0.15) is 30.6 Å². The van der Waals surface area contributed by atoms with E-state index in [1.54, 1.807) is 41.5 Å². The van der Waals surface area contributed by atoms with Gasteiger partial charge in [0.2, 0.25) is 0 Å². The molecule has 1 saturated carbocycles. The van der Waals surface area contributed by atoms with Gasteiger partial charge in [0.15, 0.2) is 0 Å². The summed E-state index contributed by atoms with van der Waals surface area (Å²) in [6, 6.07) is -0.830. The summed E-state index contributed by atoms with van der Waals surface area (Å²) >= 11 is 0. The first-order valence-corrected chi connectivity index (χ1v) is 12.8. The van der Waals surface area contributed by atoms with E-state index in [0.717, 1.165) is 12.8 Å². The molecule has 2 aliphatic rings. The van der Waals surface area contributed by atoms with Crippen molar-refractivity contribution in [2.75, 3.05) is 13.8 Å². The van der Waals surface area contributed by atoms with E-state index in [2.05, 4.69) is 0 Å². The molecule has 1 aliphatic carbocycles. The van der Waals surface area contributed by atoms with Gasteiger partial charge in [-0.3, -0.25) is 9.69 Å². The van der Waals surface area contributed by atoms with Crippen molar-refractivity contribution in [3.63, 3.8) is 0 Å². The van der Waals surface area contributed by atoms with E-state index in [1.165, 1.54) is 37.7 Å². The third-order valence-corrected chi connectivity index (χ3v) is 6.66. The minimum absolute atomic E-state index is 0.0830. The zero-order valence-corrected chi connectivity index (χ0v) is 22.1. The Bertz CT molecular complexity index is 681. The summed E-state index contributed by atoms with van der Waals surface area (Å²) < 4.78 is 22.5. The number of rotatable bonds is 7. The van der Waals surface area contributed by atoms with Crippen molar-refractivity contribution in [2.45, 2.75) is 117 Å². The standard InChI is InChI=1S/C26H45NO7/c1-17(2)23(28)33-22-18(3)32-24(29)21(27(16-31-7)25(30)34-26(4,5)6)14-10-13-20(22)15-19-11-8-9-12-19/h17-22H,8-16H2,1-7H3/t18-,20+,21-,22-/m0/s1. The second kappa shape index (κ2) is 12.8. The number of hydrogen-bond acceptors (Lipinski definition) is 7. The Hall–Kier alpha value is -1.83. The van der Waals surface area contributed by atoms with Crippen molar-refractivity contribution >= 4 is 18.0 Å². The minimum atomic E-state index is -0.830. The Morgan fingerprint density at radius 3 is 2.29 bits per heavy atom. The van der Waals surface area contributed by atoms with E-state index in [4.69, 9.17) is 18.9 Å². The molecule has 1 amide bonds. The normalized spacial score (nSPS) is 26.9. The highest BCUT2D eigenvalue weighted by Crippen LogP contribution is 2.36. The highest BCUT2D eigenvalue weighted by atomic mass is 16.6. The molecule has 1 heterocycles. The Kier molecular flexibility index (Phi) is 10.7. The van der Waals surface area contributed by atoms with Crippen LogP contribution in [0.4, 0.5) is 4.79 Å². The zero-order valence-electron chi connectivity index (χ0n) is 22.1. The highest BCUT2D eigenvalue weighted by Gasteiger charge is 2.41. The first kappa shape index (κ1) is 28.4. The van der Waals surface area contributed by atoms with Crippen LogP contribution in [0.1, 0.15) is 92.9 Å². The molecule has 1 aliphatic heterocycles. The van der Waals surface area contributed by atoms with Crippen molar-refractivity contribution in [1.82, 2.24) is 4.90 Å². The lowest BCUT2D eigenvalue weighted by molar-refractivity contribution is -0.176. The largest absolute Gasteiger partial charge is 0.458 e. The number of nitrogens with zero attached hydrogens (tertiary/aromatic N) is 1. The molecule has 196 valence electrons. The molecule has 0 aromatic heterocycles. The van der Waals surface area contributed by atoms with Gasteiger partial charge in [-0.05, 0) is 58.8 Å². The number of carbonyl (C=O) groups is 3. The smallest absolute Gasteiger partial charge is 0.412 e. The summed E-state index contributed by atoms with van der Waals surface area (Å²) in [5.41, 5.74) is -0.707. The zero-order chi connectivity index (χ0) is 25.5. The van der Waals surface area contributed by atoms with Crippen LogP contribution in [0.25, 0.3) is 0 Å². The van der Waals surface area contributed by atoms with Crippen molar-refractivity contribution in [2.24, 2.45) is 17.8 Å². The molecule has 2 rings (SSSR count). The van der Waals surface area contributed by atoms with Gasteiger partial charge >= 0.3 is 18.0 Å². The molecular weight excluding hydrogens is 438 g/mol. The molecule has 34 heavy (non-hydrogen) atoms. The van der Waals surface area contributed by atoms with Crippen molar-refractivity contribution in [3.05, 3.63) is 0 Å². The maximum Gasteiger partial charge on any atom is 0.412 e. The Morgan fingerprint density at radius 2 is 1.74 bits per heavy atom. The fourth-order valence-electron chi connectivity index (χ4n) is 4.97. The van der Waals surface area contributed by atoms with Gasteiger partial charge < -0.3 is 18.9 Å². The van der Waals surface area contributed by atoms with Crippen LogP contribution in [0.2, 0.25) is 0 Å². The minimum Gasteiger partial charge on any atom is -0.458 e. The lowest BCUT2D eigenvalue weighted by Gasteiger charge is -2.33. The molecule has 2 fully saturated rings. The van der Waals surface area contributed by atoms with Crippen LogP contribution in [0.15, 0.2) is 0 Å². The van der Waals surface area contributed by atoms with Gasteiger partial charge in [-0.25, -0.2) is 9.59 Å². The molecule has 0 aromatic carbocycles. The van der Waals surface area contributed by atoms with Gasteiger partial charge in [0.25, 0.3) is 0 Å². The SMILES string of the molecule is COCN(C(=O)OC(C)(C)C)[C@H]1CCC[C@H](CC2CCCC2)[C@@H](OC(=O)C(C)C)[C@H](C)OC1=O. The molecule has 1 saturated heterocycles. The van der Waals surface area contributed by atoms with E-state index < -0.39 is 35.9 Å². The molecule has 4 atom stereocenters. The van der Waals surface area contributed by atoms with Gasteiger partial charge in [0.05, 0.1) is 5.92 Å². The van der Waals surface area contributed by atoms with Crippen LogP contribution in [-0.2, 0) is 28.5 Å². The van der Waals surface area contributed by atoms with Gasteiger partial charge in [0, 0.05) is 7.11 Å². The average Bonchev–Trinajstić information content (AvgIpc) is 3.24. The fraction of sp³-hybridized carbons (Fsp3) is 0.885. The lowest BCUT2D eigenvalue weighted by atomic mass is 9.83. The maximum atomic E-state index is 13.3. The van der Waals surface area contributed by atoms with Crippen LogP contribution in [0, 0.1) is 17.8 Å². The average molecular weight is 484 g/mol. The van der Waals surface area contributed by atoms with E-state index in [1.807, 2.05) is 0 Å². The summed E-state index contributed by atoms with van der Waals surface area (Å²) in [5, 5.41) is 0. The van der Waals surface area contributed by atoms with Crippen molar-refractivity contribution < 1.29 is 33.3 Å². The number of esters is 2. The predicted molar refractivity (Wildman–Crippen MR) is 128 cm³/mol. The number of amides is 1. The Labute approximate surface area is 205 Å². The molecule has 0 radical (unpaired) electrons. The van der Waals surface area contributed by atoms with Crippen LogP contribution >= 0.6 is 0 Å². The first-order chi connectivity index (χ1) is 15.9. The summed E-state index contributed by atoms with van der Waals surface area (Å²) in [5.74, 6) is -0.363. The number of methoxy groups -OCH3 is 1. The van der Waals surface area contributed by atoms with E-state index >= 15 is 0 Å². The Morgan fingerprint density at radius 1 is 1.09 bits per heavy atom. The lowest BCUT2D eigenvalue weighted by Crippen LogP contribution is -2.49. The van der Waals surface area contributed by atoms with Crippen LogP contribution in [0.3, 0.4) is 0 Å². The molecule has 8 nitrogen and oxygen atoms in total. The molecule has 0 N–H and O–H groups in total. The summed E-state index contributed by atoms with van der Waals surface area (Å²) in [4.78, 5) is 40.0. The molecule has 0 spiro atoms. The first-order valence-electron chi connectivity index (χ1n) is 12.8. The number of cyclic esters (lactones) is 1. The molecule has 0 aromatic rings. The molecule has 8 heteroatoms. The molecule has 0 unspecified atom stereocenters. The summed E-state index contributed by atoms with van der Waals surface area (Å²) in [6.07, 6.45) is 5.99. The third-order valence-electron chi connectivity index (χ3n) is 6.66. The topological polar surface area (TPSA) is 91.4 Å². The second-order valence-electron chi connectivity index (χ2n) is 11.2. The monoisotopic (exact) mass is 483 g/mol. The van der Waals surface area contributed by atoms with Crippen molar-refractivity contribution in [3.8, 4) is 0 Å². The van der Waals surface area contributed by atoms with E-state index in [0.29, 0.717) is 18.8 Å². The van der Waals surface area contributed by atoms with Crippen LogP contribution in [-0.4, -0.2) is 60.6 Å². The quantitative estimate of drug-likeness (QED) is 0.283. The number of ether oxygens (including phenoxy) is 4. The van der Waals surface area contributed by atoms with Gasteiger partial charge in [-0.1, -0.05) is 46.0 Å². The van der Waals surface area contributed by atoms with Gasteiger partial charge in [-0.15, -0.1) is 0 Å². The number of carbonyl (C=O) groups excluding carboxylic acids is 3. The predicted octanol–water partition coefficient (Wildman–Crippen LogP) is 5.08. The number of hydrogen-bond donors (Lipinski definition) is 0. The van der Waals surface area contributed by atoms with Gasteiger partial charge in [-0.2, -0.15) is 0 Å². The molecule has 0 bridgehead atoms. The van der Waals surface area contributed by atoms with Crippen LogP contribution in [0.5, 0.6) is 0 Å². The fourth-order valence-corrected chi connectivity index (χ4v) is 4.97. The van der Waals surface area contributed by atoms with Crippen LogP contribution < -0.4 is 0 Å². The van der Waals surface area contributed by atoms with E-state index in [-0.39, 0.29) is 24.5 Å². The highest BCUT2D eigenvalue weighted by molar-refractivity contribution is 5.81. The van der Waals surface area contributed by atoms with Crippen molar-refractivity contribution in [1.29, 1.82) is 0 Å². The van der Waals surface area contributed by atoms with E-state index in [9.17, 15) is 14.4 Å². The summed E-state index contributed by atoms with van der Waals surface area (Å²) in [6.45, 7) is 10.6.